The van der Waals surface area contributed by atoms with Crippen molar-refractivity contribution in [3.8, 4) is 11.3 Å². The number of rotatable bonds is 2. The van der Waals surface area contributed by atoms with E-state index in [-0.39, 0.29) is 0 Å². The first kappa shape index (κ1) is 10.9. The molecule has 1 aliphatic rings. The molecule has 1 N–H and O–H groups in total. The van der Waals surface area contributed by atoms with Gasteiger partial charge in [0.15, 0.2) is 11.6 Å². The van der Waals surface area contributed by atoms with Crippen LogP contribution in [0.5, 0.6) is 0 Å². The number of halogens is 3. The van der Waals surface area contributed by atoms with E-state index in [1.165, 1.54) is 6.07 Å². The van der Waals surface area contributed by atoms with Gasteiger partial charge in [0, 0.05) is 11.5 Å². The third-order valence-electron chi connectivity index (χ3n) is 2.91. The van der Waals surface area contributed by atoms with Gasteiger partial charge in [0.25, 0.3) is 0 Å². The van der Waals surface area contributed by atoms with E-state index in [0.29, 0.717) is 17.2 Å². The van der Waals surface area contributed by atoms with E-state index in [2.05, 4.69) is 26.1 Å². The molecule has 0 spiro atoms. The normalized spacial score (nSPS) is 15.2. The van der Waals surface area contributed by atoms with Gasteiger partial charge in [-0.15, -0.1) is 0 Å². The molecule has 1 aromatic heterocycles. The molecule has 5 heteroatoms. The molecular formula is C12H9BrF2N2. The van der Waals surface area contributed by atoms with E-state index in [9.17, 15) is 8.78 Å². The topological polar surface area (TPSA) is 28.7 Å². The first-order chi connectivity index (χ1) is 8.16. The fourth-order valence-corrected chi connectivity index (χ4v) is 2.55. The van der Waals surface area contributed by atoms with E-state index >= 15 is 0 Å². The zero-order chi connectivity index (χ0) is 12.0. The number of H-pyrrole nitrogens is 1. The zero-order valence-corrected chi connectivity index (χ0v) is 10.4. The second-order valence-electron chi connectivity index (χ2n) is 4.20. The lowest BCUT2D eigenvalue weighted by atomic mass is 10.1. The van der Waals surface area contributed by atoms with Crippen molar-refractivity contribution in [2.75, 3.05) is 0 Å². The molecule has 0 unspecified atom stereocenters. The number of benzene rings is 1. The van der Waals surface area contributed by atoms with Crippen molar-refractivity contribution < 1.29 is 8.78 Å². The summed E-state index contributed by atoms with van der Waals surface area (Å²) in [6, 6.07) is 3.80. The number of nitrogens with zero attached hydrogens (tertiary/aromatic N) is 1. The molecule has 1 saturated carbocycles. The summed E-state index contributed by atoms with van der Waals surface area (Å²) >= 11 is 3.46. The Hall–Kier alpha value is -1.23. The Morgan fingerprint density at radius 2 is 2.00 bits per heavy atom. The second-order valence-corrected chi connectivity index (χ2v) is 5.00. The van der Waals surface area contributed by atoms with Crippen LogP contribution in [0.4, 0.5) is 8.78 Å². The van der Waals surface area contributed by atoms with Crippen LogP contribution in [0.3, 0.4) is 0 Å². The van der Waals surface area contributed by atoms with E-state index in [1.807, 2.05) is 0 Å². The molecule has 0 radical (unpaired) electrons. The Kier molecular flexibility index (Phi) is 2.50. The lowest BCUT2D eigenvalue weighted by Crippen LogP contribution is -1.86. The first-order valence-electron chi connectivity index (χ1n) is 5.36. The largest absolute Gasteiger partial charge is 0.280 e. The summed E-state index contributed by atoms with van der Waals surface area (Å²) in [4.78, 5) is 0. The average Bonchev–Trinajstić information content (AvgIpc) is 3.07. The minimum atomic E-state index is -0.856. The van der Waals surface area contributed by atoms with Crippen molar-refractivity contribution >= 4 is 15.9 Å². The highest BCUT2D eigenvalue weighted by Gasteiger charge is 2.29. The monoisotopic (exact) mass is 298 g/mol. The predicted molar refractivity (Wildman–Crippen MR) is 63.6 cm³/mol. The maximum atomic E-state index is 13.1. The smallest absolute Gasteiger partial charge is 0.159 e. The second kappa shape index (κ2) is 3.91. The van der Waals surface area contributed by atoms with Crippen LogP contribution in [-0.2, 0) is 0 Å². The Labute approximate surface area is 105 Å². The van der Waals surface area contributed by atoms with Gasteiger partial charge in [-0.1, -0.05) is 0 Å². The fraction of sp³-hybridized carbons (Fsp3) is 0.250. The number of hydrogen-bond donors (Lipinski definition) is 1. The van der Waals surface area contributed by atoms with Crippen LogP contribution in [0.25, 0.3) is 11.3 Å². The lowest BCUT2D eigenvalue weighted by Gasteiger charge is -1.99. The van der Waals surface area contributed by atoms with E-state index in [4.69, 9.17) is 0 Å². The molecule has 3 rings (SSSR count). The van der Waals surface area contributed by atoms with E-state index in [0.717, 1.165) is 35.1 Å². The van der Waals surface area contributed by atoms with Gasteiger partial charge < -0.3 is 0 Å². The number of aromatic nitrogens is 2. The summed E-state index contributed by atoms with van der Waals surface area (Å²) in [5.41, 5.74) is 2.24. The highest BCUT2D eigenvalue weighted by atomic mass is 79.9. The minimum Gasteiger partial charge on any atom is -0.280 e. The molecule has 17 heavy (non-hydrogen) atoms. The van der Waals surface area contributed by atoms with Crippen molar-refractivity contribution in [1.29, 1.82) is 0 Å². The van der Waals surface area contributed by atoms with Crippen molar-refractivity contribution in [1.82, 2.24) is 10.2 Å². The van der Waals surface area contributed by atoms with Crippen molar-refractivity contribution in [3.05, 3.63) is 40.0 Å². The highest BCUT2D eigenvalue weighted by molar-refractivity contribution is 9.10. The summed E-state index contributed by atoms with van der Waals surface area (Å²) in [6.45, 7) is 0. The SMILES string of the molecule is Fc1ccc(-c2n[nH]c(C3CC3)c2Br)cc1F. The van der Waals surface area contributed by atoms with Gasteiger partial charge in [-0.25, -0.2) is 8.78 Å². The molecule has 1 aliphatic carbocycles. The maximum absolute atomic E-state index is 13.1. The van der Waals surface area contributed by atoms with Gasteiger partial charge in [0.2, 0.25) is 0 Å². The molecule has 0 saturated heterocycles. The Bertz CT molecular complexity index is 576. The van der Waals surface area contributed by atoms with Crippen LogP contribution in [-0.4, -0.2) is 10.2 Å². The standard InChI is InChI=1S/C12H9BrF2N2/c13-10-11(6-1-2-6)16-17-12(10)7-3-4-8(14)9(15)5-7/h3-6H,1-2H2,(H,16,17). The molecule has 2 nitrogen and oxygen atoms in total. The van der Waals surface area contributed by atoms with Gasteiger partial charge in [-0.3, -0.25) is 5.10 Å². The van der Waals surface area contributed by atoms with Crippen LogP contribution >= 0.6 is 15.9 Å². The van der Waals surface area contributed by atoms with Crippen molar-refractivity contribution in [3.63, 3.8) is 0 Å². The summed E-state index contributed by atoms with van der Waals surface area (Å²) in [7, 11) is 0. The van der Waals surface area contributed by atoms with E-state index in [1.54, 1.807) is 0 Å². The zero-order valence-electron chi connectivity index (χ0n) is 8.80. The quantitative estimate of drug-likeness (QED) is 0.892. The molecule has 0 bridgehead atoms. The van der Waals surface area contributed by atoms with Crippen molar-refractivity contribution in [2.45, 2.75) is 18.8 Å². The lowest BCUT2D eigenvalue weighted by molar-refractivity contribution is 0.509. The number of hydrogen-bond acceptors (Lipinski definition) is 1. The minimum absolute atomic E-state index is 0.524. The average molecular weight is 299 g/mol. The van der Waals surface area contributed by atoms with Crippen LogP contribution in [0.2, 0.25) is 0 Å². The molecular weight excluding hydrogens is 290 g/mol. The molecule has 1 aromatic carbocycles. The summed E-state index contributed by atoms with van der Waals surface area (Å²) in [5, 5.41) is 7.11. The molecule has 1 heterocycles. The Morgan fingerprint density at radius 1 is 1.24 bits per heavy atom. The molecule has 2 aromatic rings. The molecule has 0 atom stereocenters. The van der Waals surface area contributed by atoms with Crippen molar-refractivity contribution in [2.24, 2.45) is 0 Å². The predicted octanol–water partition coefficient (Wildman–Crippen LogP) is 3.99. The fourth-order valence-electron chi connectivity index (χ4n) is 1.82. The van der Waals surface area contributed by atoms with Gasteiger partial charge in [-0.05, 0) is 47.0 Å². The molecule has 1 fully saturated rings. The highest BCUT2D eigenvalue weighted by Crippen LogP contribution is 2.44. The number of aromatic amines is 1. The third-order valence-corrected chi connectivity index (χ3v) is 3.71. The van der Waals surface area contributed by atoms with Crippen LogP contribution in [0, 0.1) is 11.6 Å². The summed E-state index contributed by atoms with van der Waals surface area (Å²) in [5.74, 6) is -1.18. The van der Waals surface area contributed by atoms with E-state index < -0.39 is 11.6 Å². The summed E-state index contributed by atoms with van der Waals surface area (Å²) in [6.07, 6.45) is 2.30. The van der Waals surface area contributed by atoms with Crippen LogP contribution in [0.1, 0.15) is 24.5 Å². The molecule has 88 valence electrons. The molecule has 0 aliphatic heterocycles. The Morgan fingerprint density at radius 3 is 2.65 bits per heavy atom. The summed E-state index contributed by atoms with van der Waals surface area (Å²) < 4.78 is 26.8. The van der Waals surface area contributed by atoms with Crippen LogP contribution in [0.15, 0.2) is 22.7 Å². The Balaban J connectivity index is 2.05. The van der Waals surface area contributed by atoms with Gasteiger partial charge >= 0.3 is 0 Å². The molecule has 0 amide bonds. The van der Waals surface area contributed by atoms with Gasteiger partial charge in [0.1, 0.15) is 5.69 Å². The van der Waals surface area contributed by atoms with Gasteiger partial charge in [-0.2, -0.15) is 5.10 Å². The first-order valence-corrected chi connectivity index (χ1v) is 6.15. The third kappa shape index (κ3) is 1.88. The number of nitrogens with one attached hydrogen (secondary N) is 1. The maximum Gasteiger partial charge on any atom is 0.159 e. The van der Waals surface area contributed by atoms with Gasteiger partial charge in [0.05, 0.1) is 10.2 Å². The van der Waals surface area contributed by atoms with Crippen LogP contribution < -0.4 is 0 Å².